The highest BCUT2D eigenvalue weighted by Gasteiger charge is 2.14. The molecule has 7 heteroatoms. The van der Waals surface area contributed by atoms with Crippen LogP contribution in [-0.2, 0) is 0 Å². The van der Waals surface area contributed by atoms with Crippen LogP contribution >= 0.6 is 11.6 Å². The van der Waals surface area contributed by atoms with E-state index in [1.807, 2.05) is 26.0 Å². The summed E-state index contributed by atoms with van der Waals surface area (Å²) in [4.78, 5) is 0. The van der Waals surface area contributed by atoms with Crippen LogP contribution in [0, 0.1) is 13.8 Å². The Morgan fingerprint density at radius 3 is 2.95 bits per heavy atom. The highest BCUT2D eigenvalue weighted by molar-refractivity contribution is 6.30. The molecule has 2 heterocycles. The number of benzene rings is 1. The van der Waals surface area contributed by atoms with Crippen molar-refractivity contribution in [1.82, 2.24) is 19.8 Å². The first-order valence-corrected chi connectivity index (χ1v) is 7.28. The van der Waals surface area contributed by atoms with Gasteiger partial charge in [0.05, 0.1) is 17.5 Å². The lowest BCUT2D eigenvalue weighted by molar-refractivity contribution is 0.191. The molecule has 0 fully saturated rings. The fourth-order valence-corrected chi connectivity index (χ4v) is 2.49. The van der Waals surface area contributed by atoms with Gasteiger partial charge in [0, 0.05) is 11.6 Å². The Balaban J connectivity index is 1.85. The van der Waals surface area contributed by atoms with Gasteiger partial charge in [-0.2, -0.15) is 9.61 Å². The van der Waals surface area contributed by atoms with E-state index in [1.54, 1.807) is 23.0 Å². The predicted octanol–water partition coefficient (Wildman–Crippen LogP) is 2.54. The van der Waals surface area contributed by atoms with Crippen LogP contribution < -0.4 is 5.32 Å². The van der Waals surface area contributed by atoms with E-state index < -0.39 is 6.10 Å². The fourth-order valence-electron chi connectivity index (χ4n) is 2.29. The quantitative estimate of drug-likeness (QED) is 0.773. The van der Waals surface area contributed by atoms with Gasteiger partial charge in [-0.3, -0.25) is 0 Å². The van der Waals surface area contributed by atoms with Gasteiger partial charge in [0.25, 0.3) is 0 Å². The molecule has 0 saturated carbocycles. The van der Waals surface area contributed by atoms with Crippen molar-refractivity contribution in [3.8, 4) is 0 Å². The summed E-state index contributed by atoms with van der Waals surface area (Å²) in [6.45, 7) is 4.23. The molecule has 1 unspecified atom stereocenters. The second-order valence-electron chi connectivity index (χ2n) is 5.14. The highest BCUT2D eigenvalue weighted by Crippen LogP contribution is 2.23. The lowest BCUT2D eigenvalue weighted by Crippen LogP contribution is -2.14. The minimum atomic E-state index is -0.672. The third-order valence-electron chi connectivity index (χ3n) is 3.64. The summed E-state index contributed by atoms with van der Waals surface area (Å²) in [5.74, 6) is 0. The van der Waals surface area contributed by atoms with Gasteiger partial charge in [-0.25, -0.2) is 0 Å². The lowest BCUT2D eigenvalue weighted by Gasteiger charge is -2.16. The molecule has 0 aliphatic heterocycles. The number of nitrogens with zero attached hydrogens (tertiary/aromatic N) is 4. The number of halogens is 1. The predicted molar refractivity (Wildman–Crippen MR) is 85.2 cm³/mol. The van der Waals surface area contributed by atoms with Crippen LogP contribution in [0.3, 0.4) is 0 Å². The monoisotopic (exact) mass is 317 g/mol. The first-order chi connectivity index (χ1) is 10.6. The maximum Gasteiger partial charge on any atom is 0.200 e. The first kappa shape index (κ1) is 14.7. The van der Waals surface area contributed by atoms with Crippen LogP contribution in [0.15, 0.2) is 30.6 Å². The number of anilines is 1. The number of aliphatic hydroxyl groups excluding tert-OH is 1. The molecule has 1 aromatic carbocycles. The molecular weight excluding hydrogens is 302 g/mol. The minimum Gasteiger partial charge on any atom is -0.387 e. The normalized spacial score (nSPS) is 12.5. The average molecular weight is 318 g/mol. The Hall–Kier alpha value is -2.18. The Morgan fingerprint density at radius 2 is 2.18 bits per heavy atom. The molecule has 3 aromatic rings. The molecule has 22 heavy (non-hydrogen) atoms. The zero-order valence-corrected chi connectivity index (χ0v) is 13.0. The molecule has 0 saturated heterocycles. The smallest absolute Gasteiger partial charge is 0.200 e. The zero-order valence-electron chi connectivity index (χ0n) is 12.3. The summed E-state index contributed by atoms with van der Waals surface area (Å²) in [6.07, 6.45) is 0.884. The summed E-state index contributed by atoms with van der Waals surface area (Å²) in [7, 11) is 0. The minimum absolute atomic E-state index is 0.340. The summed E-state index contributed by atoms with van der Waals surface area (Å²) >= 11 is 5.95. The average Bonchev–Trinajstić information content (AvgIpc) is 2.95. The van der Waals surface area contributed by atoms with Gasteiger partial charge in [-0.05, 0) is 37.1 Å². The molecule has 0 amide bonds. The Kier molecular flexibility index (Phi) is 3.96. The second-order valence-corrected chi connectivity index (χ2v) is 5.57. The third kappa shape index (κ3) is 2.75. The summed E-state index contributed by atoms with van der Waals surface area (Å²) < 4.78 is 1.62. The van der Waals surface area contributed by atoms with Gasteiger partial charge in [0.2, 0.25) is 5.65 Å². The number of aliphatic hydroxyl groups is 1. The van der Waals surface area contributed by atoms with Crippen molar-refractivity contribution in [1.29, 1.82) is 0 Å². The summed E-state index contributed by atoms with van der Waals surface area (Å²) in [5, 5.41) is 26.5. The number of aryl methyl sites for hydroxylation is 1. The molecular formula is C15H16ClN5O. The molecule has 6 nitrogen and oxygen atoms in total. The van der Waals surface area contributed by atoms with Crippen LogP contribution in [0.4, 0.5) is 5.69 Å². The fraction of sp³-hybridized carbons (Fsp3) is 0.267. The SMILES string of the molecule is Cc1nn2cnnc2c(NCC(O)c2cccc(Cl)c2)c1C. The van der Waals surface area contributed by atoms with Gasteiger partial charge >= 0.3 is 0 Å². The molecule has 0 bridgehead atoms. The molecule has 0 spiro atoms. The molecule has 0 aliphatic rings. The van der Waals surface area contributed by atoms with Crippen molar-refractivity contribution in [3.05, 3.63) is 52.4 Å². The second kappa shape index (κ2) is 5.90. The summed E-state index contributed by atoms with van der Waals surface area (Å²) in [5.41, 5.74) is 4.10. The molecule has 114 valence electrons. The lowest BCUT2D eigenvalue weighted by atomic mass is 10.1. The van der Waals surface area contributed by atoms with E-state index in [-0.39, 0.29) is 0 Å². The van der Waals surface area contributed by atoms with Gasteiger partial charge in [0.1, 0.15) is 6.33 Å². The van der Waals surface area contributed by atoms with Crippen molar-refractivity contribution in [2.45, 2.75) is 20.0 Å². The molecule has 3 rings (SSSR count). The van der Waals surface area contributed by atoms with E-state index >= 15 is 0 Å². The van der Waals surface area contributed by atoms with E-state index in [2.05, 4.69) is 20.6 Å². The van der Waals surface area contributed by atoms with Crippen molar-refractivity contribution in [2.24, 2.45) is 0 Å². The van der Waals surface area contributed by atoms with Crippen molar-refractivity contribution >= 4 is 22.9 Å². The molecule has 1 atom stereocenters. The molecule has 2 aromatic heterocycles. The standard InChI is InChI=1S/C15H16ClN5O/c1-9-10(2)20-21-8-18-19-15(21)14(9)17-7-13(22)11-4-3-5-12(16)6-11/h3-6,8,13,17,22H,7H2,1-2H3. The Labute approximate surface area is 132 Å². The number of hydrogen-bond acceptors (Lipinski definition) is 5. The molecule has 2 N–H and O–H groups in total. The van der Waals surface area contributed by atoms with Crippen LogP contribution in [0.2, 0.25) is 5.02 Å². The van der Waals surface area contributed by atoms with Crippen molar-refractivity contribution in [3.63, 3.8) is 0 Å². The number of aromatic nitrogens is 4. The zero-order chi connectivity index (χ0) is 15.7. The molecule has 0 radical (unpaired) electrons. The van der Waals surface area contributed by atoms with Gasteiger partial charge in [0.15, 0.2) is 0 Å². The summed E-state index contributed by atoms with van der Waals surface area (Å²) in [6, 6.07) is 7.20. The first-order valence-electron chi connectivity index (χ1n) is 6.91. The van der Waals surface area contributed by atoms with Gasteiger partial charge in [-0.1, -0.05) is 23.7 Å². The van der Waals surface area contributed by atoms with E-state index in [4.69, 9.17) is 11.6 Å². The van der Waals surface area contributed by atoms with E-state index in [0.29, 0.717) is 17.2 Å². The Morgan fingerprint density at radius 1 is 1.36 bits per heavy atom. The number of nitrogens with one attached hydrogen (secondary N) is 1. The number of hydrogen-bond donors (Lipinski definition) is 2. The number of fused-ring (bicyclic) bond motifs is 1. The van der Waals surface area contributed by atoms with Crippen LogP contribution in [0.25, 0.3) is 5.65 Å². The van der Waals surface area contributed by atoms with Gasteiger partial charge in [-0.15, -0.1) is 10.2 Å². The number of rotatable bonds is 4. The Bertz CT molecular complexity index is 817. The van der Waals surface area contributed by atoms with Gasteiger partial charge < -0.3 is 10.4 Å². The molecule has 0 aliphatic carbocycles. The third-order valence-corrected chi connectivity index (χ3v) is 3.87. The van der Waals surface area contributed by atoms with Crippen LogP contribution in [0.5, 0.6) is 0 Å². The largest absolute Gasteiger partial charge is 0.387 e. The highest BCUT2D eigenvalue weighted by atomic mass is 35.5. The van der Waals surface area contributed by atoms with E-state index in [0.717, 1.165) is 22.5 Å². The van der Waals surface area contributed by atoms with Crippen LogP contribution in [-0.4, -0.2) is 31.5 Å². The van der Waals surface area contributed by atoms with Crippen molar-refractivity contribution < 1.29 is 5.11 Å². The topological polar surface area (TPSA) is 75.3 Å². The maximum absolute atomic E-state index is 10.3. The van der Waals surface area contributed by atoms with E-state index in [9.17, 15) is 5.11 Å². The van der Waals surface area contributed by atoms with E-state index in [1.165, 1.54) is 0 Å². The van der Waals surface area contributed by atoms with Crippen molar-refractivity contribution in [2.75, 3.05) is 11.9 Å². The maximum atomic E-state index is 10.3. The van der Waals surface area contributed by atoms with Crippen LogP contribution in [0.1, 0.15) is 22.9 Å².